The molecule has 1 aromatic carbocycles. The summed E-state index contributed by atoms with van der Waals surface area (Å²) in [5.74, 6) is -0.498. The van der Waals surface area contributed by atoms with Gasteiger partial charge >= 0.3 is 6.18 Å². The van der Waals surface area contributed by atoms with Crippen LogP contribution in [0.1, 0.15) is 22.3 Å². The first-order chi connectivity index (χ1) is 12.2. The predicted octanol–water partition coefficient (Wildman–Crippen LogP) is 2.84. The van der Waals surface area contributed by atoms with Gasteiger partial charge in [-0.05, 0) is 40.5 Å². The largest absolute Gasteiger partial charge is 0.398 e. The van der Waals surface area contributed by atoms with Gasteiger partial charge in [0.05, 0.1) is 10.3 Å². The zero-order valence-corrected chi connectivity index (χ0v) is 15.2. The van der Waals surface area contributed by atoms with Gasteiger partial charge in [-0.25, -0.2) is 4.99 Å². The van der Waals surface area contributed by atoms with Gasteiger partial charge in [-0.3, -0.25) is 9.20 Å². The topological polar surface area (TPSA) is 77.3 Å². The van der Waals surface area contributed by atoms with Gasteiger partial charge < -0.3 is 10.7 Å². The summed E-state index contributed by atoms with van der Waals surface area (Å²) in [6.45, 7) is 1.79. The molecule has 0 saturated heterocycles. The standard InChI is InChI=1S/C17H14BrF3N4O/c1-9-6-10(2-3-11(9)15(22)26)13-8-24-16-12(7-14(18)25(13)16)23-5-4-17(19,20)21/h2-3,5-8,24H,4H2,1H3,(H2,22,26)/p+1. The lowest BCUT2D eigenvalue weighted by Crippen LogP contribution is -2.61. The number of benzene rings is 1. The fourth-order valence-electron chi connectivity index (χ4n) is 2.76. The molecule has 2 aromatic heterocycles. The predicted molar refractivity (Wildman–Crippen MR) is 95.5 cm³/mol. The minimum Gasteiger partial charge on any atom is -0.366 e. The summed E-state index contributed by atoms with van der Waals surface area (Å²) in [5.41, 5.74) is 9.26. The zero-order valence-electron chi connectivity index (χ0n) is 13.6. The maximum atomic E-state index is 12.3. The van der Waals surface area contributed by atoms with Gasteiger partial charge in [0.25, 0.3) is 0 Å². The van der Waals surface area contributed by atoms with Crippen molar-refractivity contribution < 1.29 is 23.0 Å². The van der Waals surface area contributed by atoms with Crippen LogP contribution in [0.2, 0.25) is 0 Å². The van der Waals surface area contributed by atoms with Crippen molar-refractivity contribution in [1.82, 2.24) is 9.38 Å². The van der Waals surface area contributed by atoms with E-state index in [4.69, 9.17) is 5.73 Å². The summed E-state index contributed by atoms with van der Waals surface area (Å²) in [6, 6.07) is 6.94. The van der Waals surface area contributed by atoms with Crippen LogP contribution in [-0.4, -0.2) is 27.7 Å². The number of nitrogens with two attached hydrogens (primary N) is 1. The van der Waals surface area contributed by atoms with Crippen LogP contribution in [0.3, 0.4) is 0 Å². The number of H-pyrrole nitrogens is 1. The van der Waals surface area contributed by atoms with Crippen LogP contribution in [0.15, 0.2) is 35.1 Å². The number of amides is 1. The van der Waals surface area contributed by atoms with Crippen molar-refractivity contribution >= 4 is 39.4 Å². The molecule has 0 aliphatic carbocycles. The Morgan fingerprint density at radius 2 is 2.12 bits per heavy atom. The Morgan fingerprint density at radius 3 is 2.73 bits per heavy atom. The molecule has 0 atom stereocenters. The Labute approximate surface area is 154 Å². The van der Waals surface area contributed by atoms with E-state index in [1.54, 1.807) is 31.3 Å². The van der Waals surface area contributed by atoms with E-state index in [1.807, 2.05) is 10.5 Å². The third-order valence-corrected chi connectivity index (χ3v) is 4.50. The lowest BCUT2D eigenvalue weighted by Gasteiger charge is -2.06. The maximum absolute atomic E-state index is 12.3. The van der Waals surface area contributed by atoms with E-state index in [9.17, 15) is 18.0 Å². The number of imidazole rings is 1. The minimum absolute atomic E-state index is 0.441. The van der Waals surface area contributed by atoms with E-state index in [2.05, 4.69) is 25.9 Å². The van der Waals surface area contributed by atoms with Crippen molar-refractivity contribution in [1.29, 1.82) is 0 Å². The molecule has 0 unspecified atom stereocenters. The molecule has 0 aliphatic rings. The number of aryl methyl sites for hydroxylation is 1. The molecule has 3 rings (SSSR count). The number of halogens is 4. The molecular formula is C17H15BrF3N4O+. The molecule has 0 saturated carbocycles. The lowest BCUT2D eigenvalue weighted by atomic mass is 10.0. The third kappa shape index (κ3) is 3.52. The van der Waals surface area contributed by atoms with Crippen LogP contribution in [0, 0.1) is 6.92 Å². The van der Waals surface area contributed by atoms with Crippen LogP contribution in [-0.2, 0) is 0 Å². The average Bonchev–Trinajstić information content (AvgIpc) is 3.08. The number of nitrogens with zero attached hydrogens (tertiary/aromatic N) is 1. The van der Waals surface area contributed by atoms with Crippen LogP contribution in [0.25, 0.3) is 16.9 Å². The Bertz CT molecular complexity index is 1020. The first kappa shape index (κ1) is 18.2. The Balaban J connectivity index is 2.02. The minimum atomic E-state index is -4.26. The number of hydrogen-bond acceptors (Lipinski definition) is 1. The summed E-state index contributed by atoms with van der Waals surface area (Å²) >= 11 is 3.43. The Kier molecular flexibility index (Phi) is 4.66. The number of alkyl halides is 3. The number of carbonyl (C=O) groups excluding carboxylic acids is 1. The second-order valence-electron chi connectivity index (χ2n) is 5.80. The van der Waals surface area contributed by atoms with Crippen molar-refractivity contribution in [2.24, 2.45) is 5.73 Å². The van der Waals surface area contributed by atoms with E-state index in [-0.39, 0.29) is 0 Å². The summed E-state index contributed by atoms with van der Waals surface area (Å²) < 4.78 is 39.4. The highest BCUT2D eigenvalue weighted by molar-refractivity contribution is 9.10. The number of nitrogens with one attached hydrogen (secondary N) is 2. The first-order valence-corrected chi connectivity index (χ1v) is 8.41. The smallest absolute Gasteiger partial charge is 0.366 e. The van der Waals surface area contributed by atoms with E-state index < -0.39 is 18.5 Å². The molecule has 0 bridgehead atoms. The van der Waals surface area contributed by atoms with Crippen molar-refractivity contribution in [3.8, 4) is 11.3 Å². The summed E-state index contributed by atoms with van der Waals surface area (Å²) in [4.78, 5) is 17.1. The van der Waals surface area contributed by atoms with Gasteiger partial charge in [0.1, 0.15) is 6.42 Å². The fourth-order valence-corrected chi connectivity index (χ4v) is 3.35. The number of aromatic nitrogens is 2. The van der Waals surface area contributed by atoms with Gasteiger partial charge in [-0.2, -0.15) is 13.2 Å². The molecule has 9 heteroatoms. The number of carbonyl (C=O) groups is 1. The molecule has 1 amide bonds. The van der Waals surface area contributed by atoms with Crippen LogP contribution < -0.4 is 10.7 Å². The van der Waals surface area contributed by atoms with Crippen molar-refractivity contribution in [2.75, 3.05) is 0 Å². The van der Waals surface area contributed by atoms with E-state index in [0.29, 0.717) is 21.5 Å². The normalized spacial score (nSPS) is 12.3. The van der Waals surface area contributed by atoms with Crippen LogP contribution >= 0.6 is 15.9 Å². The molecule has 0 fully saturated rings. The molecule has 2 heterocycles. The van der Waals surface area contributed by atoms with Crippen LogP contribution in [0.5, 0.6) is 0 Å². The van der Waals surface area contributed by atoms with E-state index in [1.165, 1.54) is 0 Å². The van der Waals surface area contributed by atoms with Gasteiger partial charge in [0, 0.05) is 23.4 Å². The number of rotatable bonds is 4. The molecule has 0 spiro atoms. The fraction of sp³-hybridized carbons (Fsp3) is 0.176. The zero-order chi connectivity index (χ0) is 19.1. The highest BCUT2D eigenvalue weighted by Gasteiger charge is 2.27. The van der Waals surface area contributed by atoms with Crippen molar-refractivity contribution in [3.63, 3.8) is 0 Å². The van der Waals surface area contributed by atoms with Gasteiger partial charge in [-0.1, -0.05) is 6.07 Å². The molecule has 4 N–H and O–H groups in total. The molecule has 0 radical (unpaired) electrons. The number of primary amides is 1. The highest BCUT2D eigenvalue weighted by atomic mass is 79.9. The SMILES string of the molecule is Cc1cc(-c2c[nH]c3c([NH+]=CCC(F)(F)F)cc(Br)n23)ccc1C(N)=O. The highest BCUT2D eigenvalue weighted by Crippen LogP contribution is 2.30. The molecule has 5 nitrogen and oxygen atoms in total. The van der Waals surface area contributed by atoms with Gasteiger partial charge in [0.2, 0.25) is 11.6 Å². The summed E-state index contributed by atoms with van der Waals surface area (Å²) in [7, 11) is 0. The molecule has 3 aromatic rings. The first-order valence-electron chi connectivity index (χ1n) is 7.61. The van der Waals surface area contributed by atoms with Crippen molar-refractivity contribution in [2.45, 2.75) is 19.5 Å². The second-order valence-corrected chi connectivity index (χ2v) is 6.61. The monoisotopic (exact) mass is 427 g/mol. The Morgan fingerprint density at radius 1 is 1.38 bits per heavy atom. The van der Waals surface area contributed by atoms with Gasteiger partial charge in [-0.15, -0.1) is 0 Å². The van der Waals surface area contributed by atoms with E-state index >= 15 is 0 Å². The number of fused-ring (bicyclic) bond motifs is 1. The lowest BCUT2D eigenvalue weighted by molar-refractivity contribution is -0.349. The molecule has 0 aliphatic heterocycles. The maximum Gasteiger partial charge on any atom is 0.398 e. The second kappa shape index (κ2) is 6.64. The van der Waals surface area contributed by atoms with Crippen molar-refractivity contribution in [3.05, 3.63) is 46.2 Å². The quantitative estimate of drug-likeness (QED) is 0.550. The molecule has 26 heavy (non-hydrogen) atoms. The summed E-state index contributed by atoms with van der Waals surface area (Å²) in [6.07, 6.45) is -2.59. The molecular weight excluding hydrogens is 413 g/mol. The van der Waals surface area contributed by atoms with Gasteiger partial charge in [0.15, 0.2) is 11.9 Å². The van der Waals surface area contributed by atoms with E-state index in [0.717, 1.165) is 23.0 Å². The Hall–Kier alpha value is -2.55. The average molecular weight is 428 g/mol. The third-order valence-electron chi connectivity index (χ3n) is 3.92. The molecule has 136 valence electrons. The summed E-state index contributed by atoms with van der Waals surface area (Å²) in [5, 5.41) is 0. The number of aromatic amines is 1. The van der Waals surface area contributed by atoms with Crippen LogP contribution in [0.4, 0.5) is 18.9 Å². The number of hydrogen-bond donors (Lipinski definition) is 3.